The van der Waals surface area contributed by atoms with Gasteiger partial charge in [0.25, 0.3) is 0 Å². The standard InChI is InChI=1S/C22H20N2O3/c1-27-19-14-12-18(13-15-19)23-21(25)22(26)24-20(16-8-4-2-5-9-16)17-10-6-3-7-11-17/h2-15,20H,1H3,(H,23,25)(H,24,26). The molecule has 2 N–H and O–H groups in total. The van der Waals surface area contributed by atoms with E-state index in [2.05, 4.69) is 10.6 Å². The predicted molar refractivity (Wildman–Crippen MR) is 104 cm³/mol. The summed E-state index contributed by atoms with van der Waals surface area (Å²) in [5.41, 5.74) is 2.32. The molecule has 2 amide bonds. The van der Waals surface area contributed by atoms with Crippen molar-refractivity contribution in [2.45, 2.75) is 6.04 Å². The minimum atomic E-state index is -0.725. The Kier molecular flexibility index (Phi) is 5.84. The SMILES string of the molecule is COc1ccc(NC(=O)C(=O)NC(c2ccccc2)c2ccccc2)cc1. The van der Waals surface area contributed by atoms with Crippen LogP contribution >= 0.6 is 0 Å². The highest BCUT2D eigenvalue weighted by Gasteiger charge is 2.21. The zero-order valence-electron chi connectivity index (χ0n) is 14.9. The Labute approximate surface area is 158 Å². The first-order valence-corrected chi connectivity index (χ1v) is 8.53. The van der Waals surface area contributed by atoms with E-state index in [4.69, 9.17) is 4.74 Å². The van der Waals surface area contributed by atoms with Crippen molar-refractivity contribution in [2.24, 2.45) is 0 Å². The number of nitrogens with one attached hydrogen (secondary N) is 2. The van der Waals surface area contributed by atoms with Crippen molar-refractivity contribution in [1.29, 1.82) is 0 Å². The third kappa shape index (κ3) is 4.73. The number of ether oxygens (including phenoxy) is 1. The summed E-state index contributed by atoms with van der Waals surface area (Å²) in [6.07, 6.45) is 0. The second-order valence-corrected chi connectivity index (χ2v) is 5.91. The number of carbonyl (C=O) groups is 2. The molecule has 0 unspecified atom stereocenters. The molecule has 0 atom stereocenters. The second kappa shape index (κ2) is 8.67. The quantitative estimate of drug-likeness (QED) is 0.684. The molecule has 0 fully saturated rings. The molecule has 0 aliphatic heterocycles. The lowest BCUT2D eigenvalue weighted by molar-refractivity contribution is -0.136. The first-order valence-electron chi connectivity index (χ1n) is 8.53. The molecule has 0 aliphatic rings. The Balaban J connectivity index is 1.74. The molecule has 0 radical (unpaired) electrons. The van der Waals surface area contributed by atoms with Gasteiger partial charge in [0.2, 0.25) is 0 Å². The van der Waals surface area contributed by atoms with E-state index in [0.717, 1.165) is 11.1 Å². The first-order chi connectivity index (χ1) is 13.2. The van der Waals surface area contributed by atoms with Crippen molar-refractivity contribution in [2.75, 3.05) is 12.4 Å². The lowest BCUT2D eigenvalue weighted by Crippen LogP contribution is -2.38. The molecule has 27 heavy (non-hydrogen) atoms. The van der Waals surface area contributed by atoms with Crippen LogP contribution < -0.4 is 15.4 Å². The van der Waals surface area contributed by atoms with Gasteiger partial charge in [0.05, 0.1) is 13.2 Å². The van der Waals surface area contributed by atoms with Crippen LogP contribution in [0.25, 0.3) is 0 Å². The Hall–Kier alpha value is -3.60. The molecule has 136 valence electrons. The number of anilines is 1. The zero-order chi connectivity index (χ0) is 19.1. The van der Waals surface area contributed by atoms with Gasteiger partial charge in [-0.15, -0.1) is 0 Å². The molecule has 3 rings (SSSR count). The smallest absolute Gasteiger partial charge is 0.313 e. The van der Waals surface area contributed by atoms with E-state index in [1.807, 2.05) is 60.7 Å². The van der Waals surface area contributed by atoms with E-state index in [1.54, 1.807) is 31.4 Å². The van der Waals surface area contributed by atoms with Crippen LogP contribution in [0.5, 0.6) is 5.75 Å². The Morgan fingerprint density at radius 1 is 0.741 bits per heavy atom. The molecule has 0 heterocycles. The molecule has 3 aromatic rings. The summed E-state index contributed by atoms with van der Waals surface area (Å²) in [6, 6.07) is 25.4. The number of carbonyl (C=O) groups excluding carboxylic acids is 2. The van der Waals surface area contributed by atoms with Crippen LogP contribution in [-0.2, 0) is 9.59 Å². The van der Waals surface area contributed by atoms with E-state index < -0.39 is 17.9 Å². The van der Waals surface area contributed by atoms with Gasteiger partial charge < -0.3 is 15.4 Å². The highest BCUT2D eigenvalue weighted by molar-refractivity contribution is 6.39. The average molecular weight is 360 g/mol. The van der Waals surface area contributed by atoms with Gasteiger partial charge in [0.1, 0.15) is 5.75 Å². The molecular formula is C22H20N2O3. The van der Waals surface area contributed by atoms with Gasteiger partial charge in [0, 0.05) is 5.69 Å². The highest BCUT2D eigenvalue weighted by atomic mass is 16.5. The minimum absolute atomic E-state index is 0.415. The topological polar surface area (TPSA) is 67.4 Å². The van der Waals surface area contributed by atoms with Gasteiger partial charge >= 0.3 is 11.8 Å². The Morgan fingerprint density at radius 3 is 1.74 bits per heavy atom. The summed E-state index contributed by atoms with van der Waals surface area (Å²) in [7, 11) is 1.56. The lowest BCUT2D eigenvalue weighted by atomic mass is 9.99. The summed E-state index contributed by atoms with van der Waals surface area (Å²) in [5.74, 6) is -0.758. The molecule has 0 aromatic heterocycles. The summed E-state index contributed by atoms with van der Waals surface area (Å²) < 4.78 is 5.08. The third-order valence-electron chi connectivity index (χ3n) is 4.10. The van der Waals surface area contributed by atoms with Crippen molar-refractivity contribution in [3.05, 3.63) is 96.1 Å². The normalized spacial score (nSPS) is 10.3. The van der Waals surface area contributed by atoms with Gasteiger partial charge in [-0.05, 0) is 35.4 Å². The highest BCUT2D eigenvalue weighted by Crippen LogP contribution is 2.22. The molecule has 0 saturated heterocycles. The van der Waals surface area contributed by atoms with Crippen molar-refractivity contribution >= 4 is 17.5 Å². The van der Waals surface area contributed by atoms with Crippen LogP contribution in [0, 0.1) is 0 Å². The molecule has 0 aliphatic carbocycles. The van der Waals surface area contributed by atoms with Crippen LogP contribution in [-0.4, -0.2) is 18.9 Å². The van der Waals surface area contributed by atoms with E-state index in [-0.39, 0.29) is 0 Å². The molecule has 0 spiro atoms. The van der Waals surface area contributed by atoms with Crippen LogP contribution in [0.15, 0.2) is 84.9 Å². The summed E-state index contributed by atoms with van der Waals surface area (Å²) in [4.78, 5) is 24.8. The van der Waals surface area contributed by atoms with Gasteiger partial charge in [0.15, 0.2) is 0 Å². The van der Waals surface area contributed by atoms with E-state index >= 15 is 0 Å². The van der Waals surface area contributed by atoms with Gasteiger partial charge in [-0.25, -0.2) is 0 Å². The van der Waals surface area contributed by atoms with Crippen LogP contribution in [0.1, 0.15) is 17.2 Å². The molecule has 5 nitrogen and oxygen atoms in total. The maximum Gasteiger partial charge on any atom is 0.313 e. The van der Waals surface area contributed by atoms with E-state index in [9.17, 15) is 9.59 Å². The number of hydrogen-bond acceptors (Lipinski definition) is 3. The van der Waals surface area contributed by atoms with E-state index in [1.165, 1.54) is 0 Å². The summed E-state index contributed by atoms with van der Waals surface area (Å²) in [5, 5.41) is 5.41. The monoisotopic (exact) mass is 360 g/mol. The molecule has 3 aromatic carbocycles. The predicted octanol–water partition coefficient (Wildman–Crippen LogP) is 3.54. The second-order valence-electron chi connectivity index (χ2n) is 5.91. The summed E-state index contributed by atoms with van der Waals surface area (Å²) in [6.45, 7) is 0. The number of methoxy groups -OCH3 is 1. The van der Waals surface area contributed by atoms with Gasteiger partial charge in [-0.1, -0.05) is 60.7 Å². The van der Waals surface area contributed by atoms with E-state index in [0.29, 0.717) is 11.4 Å². The summed E-state index contributed by atoms with van der Waals surface area (Å²) >= 11 is 0. The first kappa shape index (κ1) is 18.2. The molecular weight excluding hydrogens is 340 g/mol. The van der Waals surface area contributed by atoms with Crippen LogP contribution in [0.4, 0.5) is 5.69 Å². The van der Waals surface area contributed by atoms with Crippen molar-refractivity contribution in [1.82, 2.24) is 5.32 Å². The lowest BCUT2D eigenvalue weighted by Gasteiger charge is -2.19. The average Bonchev–Trinajstić information content (AvgIpc) is 2.73. The number of benzene rings is 3. The fourth-order valence-corrected chi connectivity index (χ4v) is 2.71. The fourth-order valence-electron chi connectivity index (χ4n) is 2.71. The Morgan fingerprint density at radius 2 is 1.26 bits per heavy atom. The van der Waals surface area contributed by atoms with Crippen molar-refractivity contribution in [3.8, 4) is 5.75 Å². The molecule has 5 heteroatoms. The zero-order valence-corrected chi connectivity index (χ0v) is 14.9. The van der Waals surface area contributed by atoms with Crippen LogP contribution in [0.3, 0.4) is 0 Å². The number of hydrogen-bond donors (Lipinski definition) is 2. The van der Waals surface area contributed by atoms with Gasteiger partial charge in [-0.2, -0.15) is 0 Å². The number of rotatable bonds is 5. The Bertz CT molecular complexity index is 854. The maximum absolute atomic E-state index is 12.5. The third-order valence-corrected chi connectivity index (χ3v) is 4.10. The van der Waals surface area contributed by atoms with Crippen LogP contribution in [0.2, 0.25) is 0 Å². The molecule has 0 saturated carbocycles. The molecule has 0 bridgehead atoms. The minimum Gasteiger partial charge on any atom is -0.497 e. The maximum atomic E-state index is 12.5. The largest absolute Gasteiger partial charge is 0.497 e. The fraction of sp³-hybridized carbons (Fsp3) is 0.0909. The van der Waals surface area contributed by atoms with Crippen molar-refractivity contribution < 1.29 is 14.3 Å². The number of amides is 2. The van der Waals surface area contributed by atoms with Crippen molar-refractivity contribution in [3.63, 3.8) is 0 Å². The van der Waals surface area contributed by atoms with Gasteiger partial charge in [-0.3, -0.25) is 9.59 Å².